The van der Waals surface area contributed by atoms with Gasteiger partial charge in [-0.2, -0.15) is 5.09 Å². The highest BCUT2D eigenvalue weighted by molar-refractivity contribution is 7.52. The van der Waals surface area contributed by atoms with E-state index in [1.807, 2.05) is 13.0 Å². The van der Waals surface area contributed by atoms with Crippen LogP contribution in [0.25, 0.3) is 0 Å². The minimum Gasteiger partial charge on any atom is -0.462 e. The van der Waals surface area contributed by atoms with Crippen LogP contribution in [0.5, 0.6) is 5.75 Å². The Labute approximate surface area is 160 Å². The van der Waals surface area contributed by atoms with Gasteiger partial charge in [0.1, 0.15) is 17.6 Å². The Hall–Kier alpha value is -2.50. The molecule has 0 bridgehead atoms. The number of hydrogen-bond donors (Lipinski definition) is 2. The summed E-state index contributed by atoms with van der Waals surface area (Å²) in [5.74, 6) is -0.149. The predicted molar refractivity (Wildman–Crippen MR) is 106 cm³/mol. The zero-order chi connectivity index (χ0) is 20.3. The molecule has 1 aromatic carbocycles. The number of esters is 1. The molecule has 0 saturated heterocycles. The molecule has 0 radical (unpaired) electrons. The van der Waals surface area contributed by atoms with Crippen LogP contribution in [0.3, 0.4) is 0 Å². The normalized spacial score (nSPS) is 15.7. The quantitative estimate of drug-likeness (QED) is 0.267. The number of para-hydroxylation sites is 1. The molecule has 1 rings (SSSR count). The molecule has 0 aliphatic rings. The highest BCUT2D eigenvalue weighted by atomic mass is 31.2. The summed E-state index contributed by atoms with van der Waals surface area (Å²) >= 11 is 0. The fraction of sp³-hybridized carbons (Fsp3) is 0.316. The lowest BCUT2D eigenvalue weighted by molar-refractivity contribution is -0.149. The van der Waals surface area contributed by atoms with E-state index in [1.165, 1.54) is 13.0 Å². The number of hydrogen-bond acceptors (Lipinski definition) is 6. The van der Waals surface area contributed by atoms with Crippen LogP contribution >= 0.6 is 7.75 Å². The topological polar surface area (TPSA) is 99.9 Å². The van der Waals surface area contributed by atoms with E-state index in [4.69, 9.17) is 19.5 Å². The van der Waals surface area contributed by atoms with E-state index in [-0.39, 0.29) is 11.9 Å². The van der Waals surface area contributed by atoms with Crippen LogP contribution in [-0.2, 0) is 18.6 Å². The van der Waals surface area contributed by atoms with E-state index < -0.39 is 19.8 Å². The van der Waals surface area contributed by atoms with Gasteiger partial charge in [0.2, 0.25) is 0 Å². The van der Waals surface area contributed by atoms with Crippen LogP contribution in [0.4, 0.5) is 0 Å². The highest BCUT2D eigenvalue weighted by Crippen LogP contribution is 2.47. The van der Waals surface area contributed by atoms with Gasteiger partial charge < -0.3 is 19.5 Å². The van der Waals surface area contributed by atoms with Gasteiger partial charge in [-0.25, -0.2) is 4.57 Å². The largest absolute Gasteiger partial charge is 0.513 e. The van der Waals surface area contributed by atoms with E-state index in [9.17, 15) is 9.36 Å². The Kier molecular flexibility index (Phi) is 9.40. The van der Waals surface area contributed by atoms with Crippen LogP contribution in [-0.4, -0.2) is 18.1 Å². The van der Waals surface area contributed by atoms with Gasteiger partial charge >= 0.3 is 13.7 Å². The number of nitrogens with two attached hydrogens (primary N) is 1. The summed E-state index contributed by atoms with van der Waals surface area (Å²) in [5, 5.41) is 2.59. The first kappa shape index (κ1) is 22.5. The van der Waals surface area contributed by atoms with Gasteiger partial charge in [0, 0.05) is 6.20 Å². The van der Waals surface area contributed by atoms with Gasteiger partial charge in [-0.3, -0.25) is 4.79 Å². The van der Waals surface area contributed by atoms with Gasteiger partial charge in [0.05, 0.1) is 6.10 Å². The lowest BCUT2D eigenvalue weighted by atomic mass is 10.3. The first-order valence-electron chi connectivity index (χ1n) is 8.53. The van der Waals surface area contributed by atoms with Gasteiger partial charge in [0.15, 0.2) is 0 Å². The van der Waals surface area contributed by atoms with Crippen LogP contribution in [0.1, 0.15) is 27.7 Å². The number of carbonyl (C=O) groups is 1. The summed E-state index contributed by atoms with van der Waals surface area (Å²) < 4.78 is 29.4. The average molecular weight is 394 g/mol. The van der Waals surface area contributed by atoms with E-state index >= 15 is 0 Å². The van der Waals surface area contributed by atoms with Crippen molar-refractivity contribution in [2.75, 3.05) is 0 Å². The van der Waals surface area contributed by atoms with Crippen molar-refractivity contribution < 1.29 is 23.1 Å². The van der Waals surface area contributed by atoms with Crippen LogP contribution in [0.2, 0.25) is 0 Å². The number of nitrogens with one attached hydrogen (secondary N) is 1. The van der Waals surface area contributed by atoms with Gasteiger partial charge in [-0.05, 0) is 45.9 Å². The van der Waals surface area contributed by atoms with Gasteiger partial charge in [0.25, 0.3) is 0 Å². The molecular formula is C19H27N2O5P. The Bertz CT molecular complexity index is 729. The molecule has 0 aliphatic heterocycles. The number of ether oxygens (including phenoxy) is 1. The molecule has 1 unspecified atom stereocenters. The van der Waals surface area contributed by atoms with Crippen molar-refractivity contribution in [1.82, 2.24) is 5.09 Å². The molecule has 0 heterocycles. The maximum absolute atomic E-state index is 13.3. The number of carbonyl (C=O) groups excluding carboxylic acids is 1. The second kappa shape index (κ2) is 11.3. The van der Waals surface area contributed by atoms with Crippen LogP contribution in [0, 0.1) is 0 Å². The highest BCUT2D eigenvalue weighted by Gasteiger charge is 2.34. The molecule has 0 saturated carbocycles. The monoisotopic (exact) mass is 394 g/mol. The van der Waals surface area contributed by atoms with Crippen molar-refractivity contribution in [3.8, 4) is 5.75 Å². The molecule has 27 heavy (non-hydrogen) atoms. The molecule has 2 atom stereocenters. The predicted octanol–water partition coefficient (Wildman–Crippen LogP) is 4.05. The Morgan fingerprint density at radius 3 is 2.41 bits per heavy atom. The third kappa shape index (κ3) is 8.62. The fourth-order valence-electron chi connectivity index (χ4n) is 1.83. The van der Waals surface area contributed by atoms with Crippen molar-refractivity contribution >= 4 is 13.7 Å². The van der Waals surface area contributed by atoms with Gasteiger partial charge in [-0.1, -0.05) is 36.4 Å². The lowest BCUT2D eigenvalue weighted by Gasteiger charge is -2.23. The molecule has 1 aromatic rings. The van der Waals surface area contributed by atoms with Crippen LogP contribution in [0.15, 0.2) is 66.6 Å². The van der Waals surface area contributed by atoms with Gasteiger partial charge in [-0.15, -0.1) is 0 Å². The van der Waals surface area contributed by atoms with E-state index in [1.54, 1.807) is 56.3 Å². The lowest BCUT2D eigenvalue weighted by Crippen LogP contribution is -2.36. The minimum atomic E-state index is -3.99. The zero-order valence-corrected chi connectivity index (χ0v) is 16.9. The van der Waals surface area contributed by atoms with E-state index in [0.29, 0.717) is 5.75 Å². The van der Waals surface area contributed by atoms with Crippen molar-refractivity contribution in [2.24, 2.45) is 5.73 Å². The molecule has 3 N–H and O–H groups in total. The van der Waals surface area contributed by atoms with Crippen LogP contribution < -0.4 is 15.3 Å². The zero-order valence-electron chi connectivity index (χ0n) is 16.0. The Balaban J connectivity index is 3.04. The summed E-state index contributed by atoms with van der Waals surface area (Å²) in [4.78, 5) is 12.1. The SMILES string of the molecule is C/C=C/C=C\C(=C/N)OP(=O)(N[C@@H](C)C(=O)OC(C)C)Oc1ccccc1. The number of rotatable bonds is 10. The van der Waals surface area contributed by atoms with Crippen molar-refractivity contribution in [1.29, 1.82) is 0 Å². The summed E-state index contributed by atoms with van der Waals surface area (Å²) in [6, 6.07) is 7.55. The summed E-state index contributed by atoms with van der Waals surface area (Å²) in [6.45, 7) is 6.81. The standard InChI is InChI=1S/C19H27N2O5P/c1-5-6-8-13-18(14-20)26-27(23,25-17-11-9-7-10-12-17)21-16(4)19(22)24-15(2)3/h5-16H,20H2,1-4H3,(H,21,23)/b6-5+,13-8-,18-14+/t16-,27?/m0/s1. The second-order valence-corrected chi connectivity index (χ2v) is 7.40. The maximum atomic E-state index is 13.3. The smallest absolute Gasteiger partial charge is 0.462 e. The van der Waals surface area contributed by atoms with E-state index in [2.05, 4.69) is 5.09 Å². The molecule has 0 fully saturated rings. The minimum absolute atomic E-state index is 0.115. The third-order valence-electron chi connectivity index (χ3n) is 2.98. The summed E-state index contributed by atoms with van der Waals surface area (Å²) in [6.07, 6.45) is 7.61. The summed E-state index contributed by atoms with van der Waals surface area (Å²) in [5.41, 5.74) is 5.55. The van der Waals surface area contributed by atoms with Crippen molar-refractivity contribution in [3.05, 3.63) is 66.6 Å². The molecule has 7 nitrogen and oxygen atoms in total. The Morgan fingerprint density at radius 2 is 1.85 bits per heavy atom. The maximum Gasteiger partial charge on any atom is 0.513 e. The first-order chi connectivity index (χ1) is 12.8. The van der Waals surface area contributed by atoms with Crippen molar-refractivity contribution in [2.45, 2.75) is 39.8 Å². The molecule has 0 amide bonds. The van der Waals surface area contributed by atoms with Crippen molar-refractivity contribution in [3.63, 3.8) is 0 Å². The molecule has 0 aliphatic carbocycles. The Morgan fingerprint density at radius 1 is 1.19 bits per heavy atom. The molecule has 148 valence electrons. The molecular weight excluding hydrogens is 367 g/mol. The molecule has 0 spiro atoms. The fourth-order valence-corrected chi connectivity index (χ4v) is 3.35. The molecule has 0 aromatic heterocycles. The summed E-state index contributed by atoms with van der Waals surface area (Å²) in [7, 11) is -3.99. The number of allylic oxidation sites excluding steroid dienone is 4. The molecule has 8 heteroatoms. The first-order valence-corrected chi connectivity index (χ1v) is 10.1. The van der Waals surface area contributed by atoms with E-state index in [0.717, 1.165) is 6.20 Å². The second-order valence-electron chi connectivity index (χ2n) is 5.78. The third-order valence-corrected chi connectivity index (χ3v) is 4.59. The number of benzene rings is 1. The average Bonchev–Trinajstić information content (AvgIpc) is 2.61.